The largest absolute Gasteiger partial charge is 0.463 e. The molecule has 0 amide bonds. The molecule has 30 heavy (non-hydrogen) atoms. The molecule has 0 aliphatic heterocycles. The Morgan fingerprint density at radius 3 is 2.17 bits per heavy atom. The van der Waals surface area contributed by atoms with Crippen molar-refractivity contribution in [3.8, 4) is 22.9 Å². The van der Waals surface area contributed by atoms with E-state index in [4.69, 9.17) is 31.0 Å². The van der Waals surface area contributed by atoms with Gasteiger partial charge in [0.05, 0.1) is 23.6 Å². The number of thiocarbonyl (C=S) groups is 1. The lowest BCUT2D eigenvalue weighted by Gasteiger charge is -2.24. The van der Waals surface area contributed by atoms with Gasteiger partial charge in [-0.25, -0.2) is 9.97 Å². The molecule has 0 unspecified atom stereocenters. The van der Waals surface area contributed by atoms with Gasteiger partial charge in [0.2, 0.25) is 0 Å². The van der Waals surface area contributed by atoms with E-state index >= 15 is 0 Å². The lowest BCUT2D eigenvalue weighted by atomic mass is 9.96. The average Bonchev–Trinajstić information content (AvgIpc) is 3.48. The second-order valence-electron chi connectivity index (χ2n) is 7.51. The number of aromatic nitrogens is 2. The van der Waals surface area contributed by atoms with Crippen LogP contribution in [0.3, 0.4) is 0 Å². The average molecular weight is 419 g/mol. The molecule has 0 atom stereocenters. The van der Waals surface area contributed by atoms with E-state index in [1.165, 1.54) is 32.1 Å². The summed E-state index contributed by atoms with van der Waals surface area (Å²) in [7, 11) is 0. The van der Waals surface area contributed by atoms with Crippen LogP contribution in [0.5, 0.6) is 0 Å². The summed E-state index contributed by atoms with van der Waals surface area (Å²) in [6, 6.07) is 13.7. The Morgan fingerprint density at radius 1 is 0.867 bits per heavy atom. The molecule has 1 fully saturated rings. The molecule has 0 saturated heterocycles. The minimum absolute atomic E-state index is 0.459. The molecule has 3 heterocycles. The van der Waals surface area contributed by atoms with Gasteiger partial charge in [-0.2, -0.15) is 0 Å². The molecular formula is C23H22N4O2S. The fraction of sp³-hybridized carbons (Fsp3) is 0.261. The molecule has 1 saturated carbocycles. The third-order valence-corrected chi connectivity index (χ3v) is 5.59. The normalized spacial score (nSPS) is 14.7. The Morgan fingerprint density at radius 2 is 1.53 bits per heavy atom. The maximum atomic E-state index is 5.60. The molecule has 4 aromatic rings. The first-order chi connectivity index (χ1) is 14.8. The summed E-state index contributed by atoms with van der Waals surface area (Å²) in [5.74, 6) is 1.29. The van der Waals surface area contributed by atoms with Gasteiger partial charge in [0, 0.05) is 11.7 Å². The molecule has 2 N–H and O–H groups in total. The number of furan rings is 2. The molecule has 3 aromatic heterocycles. The van der Waals surface area contributed by atoms with E-state index in [1.807, 2.05) is 42.5 Å². The van der Waals surface area contributed by atoms with E-state index in [9.17, 15) is 0 Å². The second-order valence-corrected chi connectivity index (χ2v) is 7.92. The van der Waals surface area contributed by atoms with E-state index in [1.54, 1.807) is 12.5 Å². The van der Waals surface area contributed by atoms with Crippen molar-refractivity contribution in [2.24, 2.45) is 0 Å². The van der Waals surface area contributed by atoms with Gasteiger partial charge < -0.3 is 19.5 Å². The second kappa shape index (κ2) is 8.28. The number of anilines is 1. The summed E-state index contributed by atoms with van der Waals surface area (Å²) in [5, 5.41) is 7.37. The van der Waals surface area contributed by atoms with Crippen LogP contribution in [0.2, 0.25) is 0 Å². The van der Waals surface area contributed by atoms with Crippen molar-refractivity contribution in [2.75, 3.05) is 5.32 Å². The van der Waals surface area contributed by atoms with Crippen LogP contribution in [0.1, 0.15) is 32.1 Å². The maximum absolute atomic E-state index is 5.60. The van der Waals surface area contributed by atoms with Gasteiger partial charge in [-0.15, -0.1) is 0 Å². The van der Waals surface area contributed by atoms with Crippen LogP contribution >= 0.6 is 12.2 Å². The molecule has 152 valence electrons. The number of hydrogen-bond donors (Lipinski definition) is 2. The summed E-state index contributed by atoms with van der Waals surface area (Å²) in [6.45, 7) is 0. The lowest BCUT2D eigenvalue weighted by Crippen LogP contribution is -2.38. The highest BCUT2D eigenvalue weighted by Crippen LogP contribution is 2.32. The van der Waals surface area contributed by atoms with Crippen LogP contribution in [0.15, 0.2) is 63.8 Å². The lowest BCUT2D eigenvalue weighted by molar-refractivity contribution is 0.415. The third-order valence-electron chi connectivity index (χ3n) is 5.37. The molecule has 1 aromatic carbocycles. The van der Waals surface area contributed by atoms with Crippen molar-refractivity contribution in [2.45, 2.75) is 38.1 Å². The van der Waals surface area contributed by atoms with Crippen LogP contribution < -0.4 is 10.6 Å². The van der Waals surface area contributed by atoms with E-state index in [0.717, 1.165) is 16.7 Å². The molecule has 7 heteroatoms. The van der Waals surface area contributed by atoms with E-state index in [2.05, 4.69) is 10.6 Å². The van der Waals surface area contributed by atoms with Gasteiger partial charge in [0.1, 0.15) is 11.4 Å². The van der Waals surface area contributed by atoms with Crippen LogP contribution in [-0.2, 0) is 0 Å². The van der Waals surface area contributed by atoms with Gasteiger partial charge in [-0.1, -0.05) is 19.3 Å². The fourth-order valence-corrected chi connectivity index (χ4v) is 4.19. The first-order valence-corrected chi connectivity index (χ1v) is 10.6. The van der Waals surface area contributed by atoms with Crippen LogP contribution in [-0.4, -0.2) is 21.1 Å². The number of nitrogens with one attached hydrogen (secondary N) is 2. The topological polar surface area (TPSA) is 76.1 Å². The standard InChI is InChI=1S/C23H22N4O2S/c30-23(24-15-6-2-1-3-7-15)25-16-10-11-17-18(14-16)27-22(20-9-5-13-29-20)21(26-17)19-8-4-12-28-19/h4-5,8-15H,1-3,6-7H2,(H2,24,25,30). The quantitative estimate of drug-likeness (QED) is 0.408. The number of hydrogen-bond acceptors (Lipinski definition) is 5. The first kappa shape index (κ1) is 18.8. The zero-order valence-electron chi connectivity index (χ0n) is 16.4. The number of rotatable bonds is 4. The smallest absolute Gasteiger partial charge is 0.170 e. The highest BCUT2D eigenvalue weighted by atomic mass is 32.1. The van der Waals surface area contributed by atoms with Crippen molar-refractivity contribution in [1.82, 2.24) is 15.3 Å². The highest BCUT2D eigenvalue weighted by molar-refractivity contribution is 7.80. The monoisotopic (exact) mass is 418 g/mol. The number of benzene rings is 1. The van der Waals surface area contributed by atoms with Gasteiger partial charge in [-0.05, 0) is 67.5 Å². The summed E-state index contributed by atoms with van der Waals surface area (Å²) in [6.07, 6.45) is 9.44. The molecule has 0 radical (unpaired) electrons. The van der Waals surface area contributed by atoms with Gasteiger partial charge in [0.15, 0.2) is 16.6 Å². The van der Waals surface area contributed by atoms with Gasteiger partial charge in [0.25, 0.3) is 0 Å². The Bertz CT molecular complexity index is 1150. The molecule has 0 spiro atoms. The maximum Gasteiger partial charge on any atom is 0.170 e. The SMILES string of the molecule is S=C(Nc1ccc2nc(-c3ccco3)c(-c3ccco3)nc2c1)NC1CCCCC1. The minimum atomic E-state index is 0.459. The zero-order valence-corrected chi connectivity index (χ0v) is 17.2. The van der Waals surface area contributed by atoms with Crippen molar-refractivity contribution in [3.63, 3.8) is 0 Å². The Kier molecular flexibility index (Phi) is 5.19. The van der Waals surface area contributed by atoms with Crippen molar-refractivity contribution < 1.29 is 8.83 Å². The predicted molar refractivity (Wildman–Crippen MR) is 121 cm³/mol. The summed E-state index contributed by atoms with van der Waals surface area (Å²) < 4.78 is 11.2. The van der Waals surface area contributed by atoms with E-state index in [-0.39, 0.29) is 0 Å². The van der Waals surface area contributed by atoms with Crippen molar-refractivity contribution in [1.29, 1.82) is 0 Å². The van der Waals surface area contributed by atoms with Crippen LogP contribution in [0, 0.1) is 0 Å². The number of nitrogens with zero attached hydrogens (tertiary/aromatic N) is 2. The molecule has 0 bridgehead atoms. The van der Waals surface area contributed by atoms with Crippen LogP contribution in [0.25, 0.3) is 33.9 Å². The fourth-order valence-electron chi connectivity index (χ4n) is 3.90. The summed E-state index contributed by atoms with van der Waals surface area (Å²) >= 11 is 5.52. The van der Waals surface area contributed by atoms with Gasteiger partial charge in [-0.3, -0.25) is 0 Å². The minimum Gasteiger partial charge on any atom is -0.463 e. The van der Waals surface area contributed by atoms with Crippen molar-refractivity contribution in [3.05, 3.63) is 55.0 Å². The van der Waals surface area contributed by atoms with Crippen LogP contribution in [0.4, 0.5) is 5.69 Å². The molecule has 6 nitrogen and oxygen atoms in total. The summed E-state index contributed by atoms with van der Waals surface area (Å²) in [5.41, 5.74) is 3.69. The zero-order chi connectivity index (χ0) is 20.3. The summed E-state index contributed by atoms with van der Waals surface area (Å²) in [4.78, 5) is 9.63. The van der Waals surface area contributed by atoms with Gasteiger partial charge >= 0.3 is 0 Å². The molecule has 1 aliphatic rings. The Hall–Kier alpha value is -3.19. The number of fused-ring (bicyclic) bond motifs is 1. The first-order valence-electron chi connectivity index (χ1n) is 10.2. The Labute approximate surface area is 179 Å². The van der Waals surface area contributed by atoms with E-state index < -0.39 is 0 Å². The Balaban J connectivity index is 1.45. The van der Waals surface area contributed by atoms with E-state index in [0.29, 0.717) is 34.1 Å². The predicted octanol–water partition coefficient (Wildman–Crippen LogP) is 5.77. The molecule has 5 rings (SSSR count). The molecular weight excluding hydrogens is 396 g/mol. The van der Waals surface area contributed by atoms with Crippen molar-refractivity contribution >= 4 is 34.1 Å². The molecule has 1 aliphatic carbocycles. The third kappa shape index (κ3) is 3.93. The highest BCUT2D eigenvalue weighted by Gasteiger charge is 2.18.